The molecule has 1 fully saturated rings. The molecular formula is C17H28N2. The van der Waals surface area contributed by atoms with Gasteiger partial charge in [-0.2, -0.15) is 0 Å². The van der Waals surface area contributed by atoms with Gasteiger partial charge in [0.15, 0.2) is 0 Å². The van der Waals surface area contributed by atoms with E-state index in [1.54, 1.807) is 0 Å². The lowest BCUT2D eigenvalue weighted by atomic mass is 9.97. The van der Waals surface area contributed by atoms with Gasteiger partial charge in [0.05, 0.1) is 0 Å². The lowest BCUT2D eigenvalue weighted by molar-refractivity contribution is 0.172. The zero-order chi connectivity index (χ0) is 13.5. The summed E-state index contributed by atoms with van der Waals surface area (Å²) in [6.07, 6.45) is 3.94. The zero-order valence-corrected chi connectivity index (χ0v) is 12.4. The van der Waals surface area contributed by atoms with Crippen LogP contribution in [-0.4, -0.2) is 37.1 Å². The molecule has 1 aromatic rings. The van der Waals surface area contributed by atoms with E-state index in [-0.39, 0.29) is 0 Å². The Kier molecular flexibility index (Phi) is 5.87. The average Bonchev–Trinajstić information content (AvgIpc) is 2.44. The Bertz CT molecular complexity index is 348. The summed E-state index contributed by atoms with van der Waals surface area (Å²) in [6.45, 7) is 9.41. The quantitative estimate of drug-likeness (QED) is 0.846. The van der Waals surface area contributed by atoms with Gasteiger partial charge in [-0.25, -0.2) is 0 Å². The third-order valence-corrected chi connectivity index (χ3v) is 3.98. The molecule has 106 valence electrons. The highest BCUT2D eigenvalue weighted by atomic mass is 15.1. The van der Waals surface area contributed by atoms with Crippen LogP contribution in [0.3, 0.4) is 0 Å². The van der Waals surface area contributed by atoms with Crippen LogP contribution in [0, 0.1) is 5.92 Å². The molecular weight excluding hydrogens is 232 g/mol. The van der Waals surface area contributed by atoms with Crippen LogP contribution in [-0.2, 0) is 6.42 Å². The van der Waals surface area contributed by atoms with Crippen LogP contribution < -0.4 is 5.32 Å². The Morgan fingerprint density at radius 2 is 2.05 bits per heavy atom. The summed E-state index contributed by atoms with van der Waals surface area (Å²) in [5.74, 6) is 0.840. The molecule has 1 atom stereocenters. The lowest BCUT2D eigenvalue weighted by Gasteiger charge is -2.33. The topological polar surface area (TPSA) is 15.3 Å². The molecule has 0 spiro atoms. The van der Waals surface area contributed by atoms with Crippen LogP contribution >= 0.6 is 0 Å². The summed E-state index contributed by atoms with van der Waals surface area (Å²) in [7, 11) is 0. The van der Waals surface area contributed by atoms with E-state index >= 15 is 0 Å². The van der Waals surface area contributed by atoms with Gasteiger partial charge in [-0.15, -0.1) is 0 Å². The van der Waals surface area contributed by atoms with Gasteiger partial charge in [0.25, 0.3) is 0 Å². The molecule has 2 nitrogen and oxygen atoms in total. The predicted octanol–water partition coefficient (Wildman–Crippen LogP) is 2.94. The van der Waals surface area contributed by atoms with Crippen molar-refractivity contribution >= 4 is 0 Å². The second-order valence-corrected chi connectivity index (χ2v) is 6.11. The number of hydrogen-bond acceptors (Lipinski definition) is 2. The SMILES string of the molecule is CC(C)NCC1CCCN(CCc2ccccc2)C1. The molecule has 0 saturated carbocycles. The van der Waals surface area contributed by atoms with Gasteiger partial charge in [0.2, 0.25) is 0 Å². The molecule has 0 radical (unpaired) electrons. The van der Waals surface area contributed by atoms with Gasteiger partial charge < -0.3 is 10.2 Å². The van der Waals surface area contributed by atoms with Gasteiger partial charge in [-0.3, -0.25) is 0 Å². The Balaban J connectivity index is 1.72. The summed E-state index contributed by atoms with van der Waals surface area (Å²) >= 11 is 0. The molecule has 0 aliphatic carbocycles. The first kappa shape index (κ1) is 14.5. The minimum Gasteiger partial charge on any atom is -0.314 e. The van der Waals surface area contributed by atoms with Gasteiger partial charge in [-0.05, 0) is 43.8 Å². The Morgan fingerprint density at radius 1 is 1.26 bits per heavy atom. The highest BCUT2D eigenvalue weighted by molar-refractivity contribution is 5.14. The van der Waals surface area contributed by atoms with Crippen LogP contribution in [0.5, 0.6) is 0 Å². The van der Waals surface area contributed by atoms with Gasteiger partial charge >= 0.3 is 0 Å². The first-order valence-electron chi connectivity index (χ1n) is 7.73. The van der Waals surface area contributed by atoms with E-state index in [0.29, 0.717) is 6.04 Å². The summed E-state index contributed by atoms with van der Waals surface area (Å²) < 4.78 is 0. The van der Waals surface area contributed by atoms with Crippen LogP contribution in [0.1, 0.15) is 32.3 Å². The van der Waals surface area contributed by atoms with E-state index in [1.807, 2.05) is 0 Å². The number of benzene rings is 1. The Morgan fingerprint density at radius 3 is 2.79 bits per heavy atom. The maximum Gasteiger partial charge on any atom is 0.00219 e. The van der Waals surface area contributed by atoms with Crippen molar-refractivity contribution < 1.29 is 0 Å². The minimum absolute atomic E-state index is 0.611. The average molecular weight is 260 g/mol. The van der Waals surface area contributed by atoms with Gasteiger partial charge in [0.1, 0.15) is 0 Å². The minimum atomic E-state index is 0.611. The predicted molar refractivity (Wildman–Crippen MR) is 82.4 cm³/mol. The molecule has 0 aromatic heterocycles. The molecule has 19 heavy (non-hydrogen) atoms. The summed E-state index contributed by atoms with van der Waals surface area (Å²) in [5.41, 5.74) is 1.46. The number of rotatable bonds is 6. The van der Waals surface area contributed by atoms with E-state index in [0.717, 1.165) is 5.92 Å². The summed E-state index contributed by atoms with van der Waals surface area (Å²) in [5, 5.41) is 3.58. The fourth-order valence-corrected chi connectivity index (χ4v) is 2.86. The second kappa shape index (κ2) is 7.66. The van der Waals surface area contributed by atoms with E-state index in [1.165, 1.54) is 51.0 Å². The summed E-state index contributed by atoms with van der Waals surface area (Å²) in [6, 6.07) is 11.5. The number of nitrogens with one attached hydrogen (secondary N) is 1. The van der Waals surface area contributed by atoms with E-state index in [2.05, 4.69) is 54.4 Å². The molecule has 1 heterocycles. The maximum atomic E-state index is 3.58. The standard InChI is InChI=1S/C17H28N2/c1-15(2)18-13-17-9-6-11-19(14-17)12-10-16-7-4-3-5-8-16/h3-5,7-8,15,17-18H,6,9-14H2,1-2H3. The molecule has 1 saturated heterocycles. The largest absolute Gasteiger partial charge is 0.314 e. The van der Waals surface area contributed by atoms with E-state index < -0.39 is 0 Å². The van der Waals surface area contributed by atoms with Crippen molar-refractivity contribution in [1.29, 1.82) is 0 Å². The number of hydrogen-bond donors (Lipinski definition) is 1. The highest BCUT2D eigenvalue weighted by Gasteiger charge is 2.19. The number of nitrogens with zero attached hydrogens (tertiary/aromatic N) is 1. The lowest BCUT2D eigenvalue weighted by Crippen LogP contribution is -2.41. The first-order valence-corrected chi connectivity index (χ1v) is 7.73. The van der Waals surface area contributed by atoms with Crippen molar-refractivity contribution in [3.05, 3.63) is 35.9 Å². The fourth-order valence-electron chi connectivity index (χ4n) is 2.86. The highest BCUT2D eigenvalue weighted by Crippen LogP contribution is 2.16. The third kappa shape index (κ3) is 5.33. The van der Waals surface area contributed by atoms with Crippen molar-refractivity contribution in [3.8, 4) is 0 Å². The molecule has 1 N–H and O–H groups in total. The monoisotopic (exact) mass is 260 g/mol. The van der Waals surface area contributed by atoms with Crippen molar-refractivity contribution in [2.24, 2.45) is 5.92 Å². The molecule has 2 heteroatoms. The van der Waals surface area contributed by atoms with Crippen LogP contribution in [0.25, 0.3) is 0 Å². The second-order valence-electron chi connectivity index (χ2n) is 6.11. The smallest absolute Gasteiger partial charge is 0.00219 e. The fraction of sp³-hybridized carbons (Fsp3) is 0.647. The Labute approximate surface area is 118 Å². The molecule has 1 aliphatic heterocycles. The van der Waals surface area contributed by atoms with Gasteiger partial charge in [0, 0.05) is 19.1 Å². The van der Waals surface area contributed by atoms with E-state index in [4.69, 9.17) is 0 Å². The van der Waals surface area contributed by atoms with E-state index in [9.17, 15) is 0 Å². The molecule has 0 bridgehead atoms. The molecule has 1 aliphatic rings. The van der Waals surface area contributed by atoms with Gasteiger partial charge in [-0.1, -0.05) is 44.2 Å². The van der Waals surface area contributed by atoms with Crippen molar-refractivity contribution in [3.63, 3.8) is 0 Å². The van der Waals surface area contributed by atoms with Crippen LogP contribution in [0.15, 0.2) is 30.3 Å². The first-order chi connectivity index (χ1) is 9.24. The van der Waals surface area contributed by atoms with Crippen LogP contribution in [0.2, 0.25) is 0 Å². The number of piperidine rings is 1. The van der Waals surface area contributed by atoms with Crippen molar-refractivity contribution in [2.75, 3.05) is 26.2 Å². The normalized spacial score (nSPS) is 20.9. The zero-order valence-electron chi connectivity index (χ0n) is 12.4. The summed E-state index contributed by atoms with van der Waals surface area (Å²) in [4.78, 5) is 2.64. The molecule has 2 rings (SSSR count). The Hall–Kier alpha value is -0.860. The van der Waals surface area contributed by atoms with Crippen molar-refractivity contribution in [1.82, 2.24) is 10.2 Å². The molecule has 1 unspecified atom stereocenters. The molecule has 0 amide bonds. The number of likely N-dealkylation sites (tertiary alicyclic amines) is 1. The maximum absolute atomic E-state index is 3.58. The third-order valence-electron chi connectivity index (χ3n) is 3.98. The van der Waals surface area contributed by atoms with Crippen molar-refractivity contribution in [2.45, 2.75) is 39.2 Å². The molecule has 1 aromatic carbocycles. The van der Waals surface area contributed by atoms with Crippen LogP contribution in [0.4, 0.5) is 0 Å².